The van der Waals surface area contributed by atoms with E-state index in [9.17, 15) is 9.59 Å². The molecule has 0 aliphatic rings. The van der Waals surface area contributed by atoms with Crippen LogP contribution in [0.3, 0.4) is 0 Å². The standard InChI is InChI=1S/C19H16ClNO3S/c20-15-7-5-13(6-8-15)12-25-10-9-21-18(22)16-11-14-3-1-2-4-17(14)24-19(16)23/h1-8,11H,9-10,12H2,(H,21,22). The summed E-state index contributed by atoms with van der Waals surface area (Å²) < 4.78 is 5.18. The average Bonchev–Trinajstić information content (AvgIpc) is 2.62. The molecule has 0 aliphatic carbocycles. The molecule has 1 amide bonds. The molecule has 25 heavy (non-hydrogen) atoms. The van der Waals surface area contributed by atoms with E-state index in [1.54, 1.807) is 36.0 Å². The number of hydrogen-bond donors (Lipinski definition) is 1. The smallest absolute Gasteiger partial charge is 0.349 e. The summed E-state index contributed by atoms with van der Waals surface area (Å²) in [6.45, 7) is 0.476. The van der Waals surface area contributed by atoms with Gasteiger partial charge in [-0.3, -0.25) is 4.79 Å². The van der Waals surface area contributed by atoms with Crippen molar-refractivity contribution in [2.24, 2.45) is 0 Å². The van der Waals surface area contributed by atoms with Crippen molar-refractivity contribution in [3.63, 3.8) is 0 Å². The van der Waals surface area contributed by atoms with Crippen LogP contribution in [0.25, 0.3) is 11.0 Å². The third-order valence-electron chi connectivity index (χ3n) is 3.60. The summed E-state index contributed by atoms with van der Waals surface area (Å²) >= 11 is 7.55. The van der Waals surface area contributed by atoms with Gasteiger partial charge in [-0.25, -0.2) is 4.79 Å². The number of amides is 1. The molecular weight excluding hydrogens is 358 g/mol. The van der Waals surface area contributed by atoms with Crippen LogP contribution < -0.4 is 10.9 Å². The zero-order valence-corrected chi connectivity index (χ0v) is 14.9. The van der Waals surface area contributed by atoms with Gasteiger partial charge in [0.05, 0.1) is 0 Å². The Morgan fingerprint density at radius 3 is 2.68 bits per heavy atom. The zero-order chi connectivity index (χ0) is 17.6. The van der Waals surface area contributed by atoms with Crippen molar-refractivity contribution < 1.29 is 9.21 Å². The fourth-order valence-corrected chi connectivity index (χ4v) is 3.27. The highest BCUT2D eigenvalue weighted by Gasteiger charge is 2.12. The molecular formula is C19H16ClNO3S. The van der Waals surface area contributed by atoms with Crippen molar-refractivity contribution in [1.29, 1.82) is 0 Å². The molecule has 0 fully saturated rings. The first-order valence-electron chi connectivity index (χ1n) is 7.77. The van der Waals surface area contributed by atoms with Gasteiger partial charge in [0.1, 0.15) is 11.1 Å². The molecule has 3 aromatic rings. The second-order valence-electron chi connectivity index (χ2n) is 5.42. The number of hydrogen-bond acceptors (Lipinski definition) is 4. The molecule has 1 N–H and O–H groups in total. The van der Waals surface area contributed by atoms with Crippen LogP contribution in [0.1, 0.15) is 15.9 Å². The van der Waals surface area contributed by atoms with E-state index in [1.165, 1.54) is 5.56 Å². The minimum Gasteiger partial charge on any atom is -0.422 e. The lowest BCUT2D eigenvalue weighted by atomic mass is 10.2. The summed E-state index contributed by atoms with van der Waals surface area (Å²) in [4.78, 5) is 24.1. The molecule has 0 bridgehead atoms. The summed E-state index contributed by atoms with van der Waals surface area (Å²) in [6, 6.07) is 16.4. The van der Waals surface area contributed by atoms with Gasteiger partial charge >= 0.3 is 5.63 Å². The van der Waals surface area contributed by atoms with Crippen molar-refractivity contribution >= 4 is 40.2 Å². The molecule has 4 nitrogen and oxygen atoms in total. The van der Waals surface area contributed by atoms with Crippen molar-refractivity contribution in [3.05, 3.63) is 81.2 Å². The molecule has 0 saturated carbocycles. The Morgan fingerprint density at radius 1 is 1.12 bits per heavy atom. The minimum absolute atomic E-state index is 0.0291. The average molecular weight is 374 g/mol. The van der Waals surface area contributed by atoms with Gasteiger partial charge in [0.2, 0.25) is 0 Å². The van der Waals surface area contributed by atoms with Gasteiger partial charge in [-0.1, -0.05) is 41.9 Å². The van der Waals surface area contributed by atoms with Gasteiger partial charge in [-0.2, -0.15) is 11.8 Å². The summed E-state index contributed by atoms with van der Waals surface area (Å²) in [5, 5.41) is 4.20. The van der Waals surface area contributed by atoms with Crippen molar-refractivity contribution in [3.8, 4) is 0 Å². The van der Waals surface area contributed by atoms with Gasteiger partial charge in [-0.05, 0) is 29.8 Å². The first-order chi connectivity index (χ1) is 12.1. The number of nitrogens with one attached hydrogen (secondary N) is 1. The SMILES string of the molecule is O=C(NCCSCc1ccc(Cl)cc1)c1cc2ccccc2oc1=O. The lowest BCUT2D eigenvalue weighted by Gasteiger charge is -2.06. The maximum Gasteiger partial charge on any atom is 0.349 e. The van der Waals surface area contributed by atoms with E-state index in [-0.39, 0.29) is 5.56 Å². The Morgan fingerprint density at radius 2 is 1.88 bits per heavy atom. The number of thioether (sulfide) groups is 1. The van der Waals surface area contributed by atoms with Crippen LogP contribution >= 0.6 is 23.4 Å². The van der Waals surface area contributed by atoms with Crippen LogP contribution in [0.2, 0.25) is 5.02 Å². The van der Waals surface area contributed by atoms with Crippen LogP contribution in [-0.4, -0.2) is 18.2 Å². The first-order valence-corrected chi connectivity index (χ1v) is 9.30. The fraction of sp³-hybridized carbons (Fsp3) is 0.158. The van der Waals surface area contributed by atoms with Gasteiger partial charge < -0.3 is 9.73 Å². The molecule has 0 radical (unpaired) electrons. The van der Waals surface area contributed by atoms with E-state index < -0.39 is 11.5 Å². The van der Waals surface area contributed by atoms with Gasteiger partial charge in [0, 0.05) is 28.5 Å². The molecule has 0 unspecified atom stereocenters. The van der Waals surface area contributed by atoms with Crippen LogP contribution in [0.15, 0.2) is 63.8 Å². The van der Waals surface area contributed by atoms with Gasteiger partial charge in [0.15, 0.2) is 0 Å². The molecule has 3 rings (SSSR count). The lowest BCUT2D eigenvalue weighted by molar-refractivity contribution is 0.0952. The number of para-hydroxylation sites is 1. The van der Waals surface area contributed by atoms with Gasteiger partial charge in [0.25, 0.3) is 5.91 Å². The molecule has 2 aromatic carbocycles. The Balaban J connectivity index is 1.52. The van der Waals surface area contributed by atoms with Crippen LogP contribution in [0.5, 0.6) is 0 Å². The molecule has 1 aromatic heterocycles. The zero-order valence-electron chi connectivity index (χ0n) is 13.3. The van der Waals surface area contributed by atoms with E-state index in [2.05, 4.69) is 5.32 Å². The fourth-order valence-electron chi connectivity index (χ4n) is 2.32. The maximum absolute atomic E-state index is 12.2. The predicted octanol–water partition coefficient (Wildman–Crippen LogP) is 4.11. The Hall–Kier alpha value is -2.24. The number of fused-ring (bicyclic) bond motifs is 1. The third kappa shape index (κ3) is 4.65. The largest absolute Gasteiger partial charge is 0.422 e. The van der Waals surface area contributed by atoms with E-state index in [0.717, 1.165) is 21.9 Å². The van der Waals surface area contributed by atoms with E-state index in [0.29, 0.717) is 12.1 Å². The third-order valence-corrected chi connectivity index (χ3v) is 4.88. The van der Waals surface area contributed by atoms with E-state index in [4.69, 9.17) is 16.0 Å². The van der Waals surface area contributed by atoms with E-state index in [1.807, 2.05) is 30.3 Å². The number of halogens is 1. The quantitative estimate of drug-likeness (QED) is 0.521. The highest BCUT2D eigenvalue weighted by atomic mass is 35.5. The Kier molecular flexibility index (Phi) is 5.79. The highest BCUT2D eigenvalue weighted by molar-refractivity contribution is 7.98. The van der Waals surface area contributed by atoms with Gasteiger partial charge in [-0.15, -0.1) is 0 Å². The highest BCUT2D eigenvalue weighted by Crippen LogP contribution is 2.15. The normalized spacial score (nSPS) is 10.8. The number of benzene rings is 2. The maximum atomic E-state index is 12.2. The summed E-state index contributed by atoms with van der Waals surface area (Å²) in [5.74, 6) is 1.17. The number of carbonyl (C=O) groups is 1. The first kappa shape index (κ1) is 17.6. The summed E-state index contributed by atoms with van der Waals surface area (Å²) in [6.07, 6.45) is 0. The molecule has 128 valence electrons. The molecule has 0 atom stereocenters. The van der Waals surface area contributed by atoms with Crippen LogP contribution in [0, 0.1) is 0 Å². The molecule has 0 saturated heterocycles. The van der Waals surface area contributed by atoms with Crippen molar-refractivity contribution in [2.45, 2.75) is 5.75 Å². The second kappa shape index (κ2) is 8.23. The topological polar surface area (TPSA) is 59.3 Å². The van der Waals surface area contributed by atoms with Crippen LogP contribution in [0.4, 0.5) is 0 Å². The molecule has 0 aliphatic heterocycles. The minimum atomic E-state index is -0.620. The van der Waals surface area contributed by atoms with Crippen LogP contribution in [-0.2, 0) is 5.75 Å². The Labute approximate surface area is 154 Å². The summed E-state index contributed by atoms with van der Waals surface area (Å²) in [5.41, 5.74) is 1.06. The molecule has 6 heteroatoms. The molecule has 0 spiro atoms. The van der Waals surface area contributed by atoms with E-state index >= 15 is 0 Å². The monoisotopic (exact) mass is 373 g/mol. The number of carbonyl (C=O) groups excluding carboxylic acids is 1. The van der Waals surface area contributed by atoms with Crippen molar-refractivity contribution in [1.82, 2.24) is 5.32 Å². The summed E-state index contributed by atoms with van der Waals surface area (Å²) in [7, 11) is 0. The second-order valence-corrected chi connectivity index (χ2v) is 6.96. The van der Waals surface area contributed by atoms with Crippen molar-refractivity contribution in [2.75, 3.05) is 12.3 Å². The Bertz CT molecular complexity index is 937. The number of rotatable bonds is 6. The molecule has 1 heterocycles. The predicted molar refractivity (Wildman–Crippen MR) is 102 cm³/mol. The lowest BCUT2D eigenvalue weighted by Crippen LogP contribution is -2.30.